The SMILES string of the molecule is CSC1=NCCN1C(=O)c1ccccc1C. The van der Waals surface area contributed by atoms with Gasteiger partial charge >= 0.3 is 0 Å². The molecule has 1 aliphatic rings. The minimum absolute atomic E-state index is 0.0590. The van der Waals surface area contributed by atoms with Crippen LogP contribution in [0.3, 0.4) is 0 Å². The topological polar surface area (TPSA) is 32.7 Å². The van der Waals surface area contributed by atoms with Crippen molar-refractivity contribution < 1.29 is 4.79 Å². The van der Waals surface area contributed by atoms with E-state index >= 15 is 0 Å². The normalized spacial score (nSPS) is 15.1. The Bertz CT molecular complexity index is 442. The summed E-state index contributed by atoms with van der Waals surface area (Å²) in [5.74, 6) is 0.0590. The maximum Gasteiger partial charge on any atom is 0.260 e. The van der Waals surface area contributed by atoms with Gasteiger partial charge in [-0.1, -0.05) is 30.0 Å². The maximum absolute atomic E-state index is 12.3. The molecule has 0 unspecified atom stereocenters. The summed E-state index contributed by atoms with van der Waals surface area (Å²) in [5.41, 5.74) is 1.78. The van der Waals surface area contributed by atoms with Crippen LogP contribution in [-0.2, 0) is 0 Å². The summed E-state index contributed by atoms with van der Waals surface area (Å²) in [4.78, 5) is 18.3. The van der Waals surface area contributed by atoms with Crippen LogP contribution >= 0.6 is 11.8 Å². The molecule has 0 atom stereocenters. The summed E-state index contributed by atoms with van der Waals surface area (Å²) in [6.07, 6.45) is 1.95. The number of amides is 1. The first-order valence-corrected chi connectivity index (χ1v) is 6.42. The fourth-order valence-electron chi connectivity index (χ4n) is 1.75. The third-order valence-corrected chi connectivity index (χ3v) is 3.32. The van der Waals surface area contributed by atoms with Crippen molar-refractivity contribution in [2.75, 3.05) is 19.3 Å². The van der Waals surface area contributed by atoms with Gasteiger partial charge in [0.1, 0.15) is 0 Å². The summed E-state index contributed by atoms with van der Waals surface area (Å²) in [6, 6.07) is 7.67. The van der Waals surface area contributed by atoms with E-state index in [1.807, 2.05) is 37.4 Å². The lowest BCUT2D eigenvalue weighted by atomic mass is 10.1. The van der Waals surface area contributed by atoms with E-state index in [1.165, 1.54) is 11.8 Å². The van der Waals surface area contributed by atoms with E-state index < -0.39 is 0 Å². The average Bonchev–Trinajstić information content (AvgIpc) is 2.77. The number of thioether (sulfide) groups is 1. The molecule has 1 heterocycles. The summed E-state index contributed by atoms with van der Waals surface area (Å²) < 4.78 is 0. The Morgan fingerprint density at radius 2 is 2.19 bits per heavy atom. The van der Waals surface area contributed by atoms with E-state index in [2.05, 4.69) is 4.99 Å². The van der Waals surface area contributed by atoms with E-state index in [0.717, 1.165) is 16.3 Å². The van der Waals surface area contributed by atoms with Gasteiger partial charge in [-0.2, -0.15) is 0 Å². The lowest BCUT2D eigenvalue weighted by Gasteiger charge is -2.17. The fourth-order valence-corrected chi connectivity index (χ4v) is 2.36. The van der Waals surface area contributed by atoms with Crippen molar-refractivity contribution in [3.63, 3.8) is 0 Å². The Labute approximate surface area is 99.6 Å². The van der Waals surface area contributed by atoms with Crippen molar-refractivity contribution in [3.05, 3.63) is 35.4 Å². The molecule has 0 saturated heterocycles. The lowest BCUT2D eigenvalue weighted by Crippen LogP contribution is -2.33. The molecule has 2 rings (SSSR count). The molecule has 0 N–H and O–H groups in total. The molecule has 3 nitrogen and oxygen atoms in total. The number of nitrogens with zero attached hydrogens (tertiary/aromatic N) is 2. The molecule has 0 spiro atoms. The zero-order valence-electron chi connectivity index (χ0n) is 9.43. The second-order valence-corrected chi connectivity index (χ2v) is 4.41. The zero-order chi connectivity index (χ0) is 11.5. The van der Waals surface area contributed by atoms with E-state index in [0.29, 0.717) is 13.1 Å². The highest BCUT2D eigenvalue weighted by Crippen LogP contribution is 2.17. The van der Waals surface area contributed by atoms with Crippen LogP contribution in [0.5, 0.6) is 0 Å². The molecular formula is C12H14N2OS. The molecule has 1 aromatic carbocycles. The monoisotopic (exact) mass is 234 g/mol. The summed E-state index contributed by atoms with van der Waals surface area (Å²) in [5, 5.41) is 0.827. The van der Waals surface area contributed by atoms with Crippen LogP contribution in [0.4, 0.5) is 0 Å². The highest BCUT2D eigenvalue weighted by molar-refractivity contribution is 8.13. The Balaban J connectivity index is 2.27. The van der Waals surface area contributed by atoms with Crippen LogP contribution < -0.4 is 0 Å². The lowest BCUT2D eigenvalue weighted by molar-refractivity contribution is 0.0860. The van der Waals surface area contributed by atoms with Crippen LogP contribution in [0.2, 0.25) is 0 Å². The maximum atomic E-state index is 12.3. The molecule has 0 saturated carbocycles. The Morgan fingerprint density at radius 3 is 2.88 bits per heavy atom. The number of hydrogen-bond donors (Lipinski definition) is 0. The standard InChI is InChI=1S/C12H14N2OS/c1-9-5-3-4-6-10(9)11(15)14-8-7-13-12(14)16-2/h3-6H,7-8H2,1-2H3. The number of aliphatic imine (C=N–C) groups is 1. The molecule has 4 heteroatoms. The predicted octanol–water partition coefficient (Wildman–Crippen LogP) is 2.17. The molecule has 0 aliphatic carbocycles. The fraction of sp³-hybridized carbons (Fsp3) is 0.333. The van der Waals surface area contributed by atoms with Gasteiger partial charge in [-0.15, -0.1) is 0 Å². The predicted molar refractivity (Wildman–Crippen MR) is 68.0 cm³/mol. The molecule has 1 aliphatic heterocycles. The van der Waals surface area contributed by atoms with Gasteiger partial charge in [-0.25, -0.2) is 0 Å². The number of carbonyl (C=O) groups is 1. The van der Waals surface area contributed by atoms with Crippen LogP contribution in [0.15, 0.2) is 29.3 Å². The van der Waals surface area contributed by atoms with Crippen molar-refractivity contribution in [1.29, 1.82) is 0 Å². The minimum atomic E-state index is 0.0590. The molecule has 84 valence electrons. The number of amidine groups is 1. The molecular weight excluding hydrogens is 220 g/mol. The Morgan fingerprint density at radius 1 is 1.44 bits per heavy atom. The van der Waals surface area contributed by atoms with Gasteiger partial charge in [0.15, 0.2) is 5.17 Å². The summed E-state index contributed by atoms with van der Waals surface area (Å²) in [6.45, 7) is 3.37. The van der Waals surface area contributed by atoms with E-state index in [4.69, 9.17) is 0 Å². The van der Waals surface area contributed by atoms with Gasteiger partial charge < -0.3 is 0 Å². The molecule has 0 bridgehead atoms. The quantitative estimate of drug-likeness (QED) is 0.746. The second-order valence-electron chi connectivity index (χ2n) is 3.64. The smallest absolute Gasteiger partial charge is 0.260 e. The third kappa shape index (κ3) is 1.97. The van der Waals surface area contributed by atoms with Crippen molar-refractivity contribution in [2.45, 2.75) is 6.92 Å². The van der Waals surface area contributed by atoms with Crippen LogP contribution in [0.1, 0.15) is 15.9 Å². The van der Waals surface area contributed by atoms with Crippen LogP contribution in [-0.4, -0.2) is 35.3 Å². The van der Waals surface area contributed by atoms with E-state index in [1.54, 1.807) is 4.90 Å². The number of aryl methyl sites for hydroxylation is 1. The van der Waals surface area contributed by atoms with E-state index in [-0.39, 0.29) is 5.91 Å². The first-order valence-electron chi connectivity index (χ1n) is 5.20. The average molecular weight is 234 g/mol. The largest absolute Gasteiger partial charge is 0.286 e. The summed E-state index contributed by atoms with van der Waals surface area (Å²) >= 11 is 1.52. The molecule has 0 fully saturated rings. The second kappa shape index (κ2) is 4.70. The number of carbonyl (C=O) groups excluding carboxylic acids is 1. The number of benzene rings is 1. The van der Waals surface area contributed by atoms with Gasteiger partial charge in [0, 0.05) is 12.1 Å². The van der Waals surface area contributed by atoms with Crippen molar-refractivity contribution in [1.82, 2.24) is 4.90 Å². The number of hydrogen-bond acceptors (Lipinski definition) is 3. The molecule has 0 radical (unpaired) electrons. The molecule has 1 aromatic rings. The Kier molecular flexibility index (Phi) is 3.29. The summed E-state index contributed by atoms with van der Waals surface area (Å²) in [7, 11) is 0. The van der Waals surface area contributed by atoms with Gasteiger partial charge in [0.2, 0.25) is 0 Å². The van der Waals surface area contributed by atoms with Crippen molar-refractivity contribution in [2.24, 2.45) is 4.99 Å². The van der Waals surface area contributed by atoms with Gasteiger partial charge in [0.25, 0.3) is 5.91 Å². The molecule has 1 amide bonds. The Hall–Kier alpha value is -1.29. The van der Waals surface area contributed by atoms with Gasteiger partial charge in [-0.3, -0.25) is 14.7 Å². The third-order valence-electron chi connectivity index (χ3n) is 2.60. The van der Waals surface area contributed by atoms with Crippen molar-refractivity contribution in [3.8, 4) is 0 Å². The highest BCUT2D eigenvalue weighted by atomic mass is 32.2. The van der Waals surface area contributed by atoms with Gasteiger partial charge in [0.05, 0.1) is 6.54 Å². The zero-order valence-corrected chi connectivity index (χ0v) is 10.3. The number of rotatable bonds is 1. The highest BCUT2D eigenvalue weighted by Gasteiger charge is 2.24. The minimum Gasteiger partial charge on any atom is -0.286 e. The molecule has 16 heavy (non-hydrogen) atoms. The first-order chi connectivity index (χ1) is 7.74. The van der Waals surface area contributed by atoms with Crippen LogP contribution in [0, 0.1) is 6.92 Å². The van der Waals surface area contributed by atoms with Gasteiger partial charge in [-0.05, 0) is 24.8 Å². The van der Waals surface area contributed by atoms with Crippen LogP contribution in [0.25, 0.3) is 0 Å². The first kappa shape index (κ1) is 11.2. The molecule has 0 aromatic heterocycles. The van der Waals surface area contributed by atoms with E-state index in [9.17, 15) is 4.79 Å². The van der Waals surface area contributed by atoms with Crippen molar-refractivity contribution >= 4 is 22.8 Å².